The average Bonchev–Trinajstić information content (AvgIpc) is 3.13. The van der Waals surface area contributed by atoms with Crippen molar-refractivity contribution in [3.63, 3.8) is 0 Å². The van der Waals surface area contributed by atoms with E-state index in [1.54, 1.807) is 36.4 Å². The van der Waals surface area contributed by atoms with Gasteiger partial charge in [0.05, 0.1) is 6.10 Å². The summed E-state index contributed by atoms with van der Waals surface area (Å²) in [5.74, 6) is 1.68. The molecule has 0 atom stereocenters. The van der Waals surface area contributed by atoms with Crippen LogP contribution in [0, 0.1) is 6.92 Å². The molecule has 27 heavy (non-hydrogen) atoms. The van der Waals surface area contributed by atoms with E-state index < -0.39 is 0 Å². The van der Waals surface area contributed by atoms with Gasteiger partial charge < -0.3 is 19.6 Å². The number of ether oxygens (including phenoxy) is 1. The molecule has 0 aliphatic heterocycles. The molecule has 0 aliphatic carbocycles. The summed E-state index contributed by atoms with van der Waals surface area (Å²) in [6.07, 6.45) is 0.0861. The van der Waals surface area contributed by atoms with Gasteiger partial charge in [-0.2, -0.15) is 0 Å². The molecule has 0 radical (unpaired) electrons. The van der Waals surface area contributed by atoms with Crippen molar-refractivity contribution in [2.45, 2.75) is 33.5 Å². The van der Waals surface area contributed by atoms with Crippen LogP contribution < -0.4 is 10.1 Å². The maximum atomic E-state index is 12.6. The highest BCUT2D eigenvalue weighted by Crippen LogP contribution is 2.27. The summed E-state index contributed by atoms with van der Waals surface area (Å²) in [5.41, 5.74) is 3.04. The maximum absolute atomic E-state index is 12.6. The van der Waals surface area contributed by atoms with Crippen molar-refractivity contribution in [3.8, 4) is 17.1 Å². The number of furan rings is 1. The number of amides is 1. The fourth-order valence-corrected chi connectivity index (χ4v) is 2.68. The third kappa shape index (κ3) is 4.57. The highest BCUT2D eigenvalue weighted by atomic mass is 16.5. The zero-order valence-electron chi connectivity index (χ0n) is 15.7. The van der Waals surface area contributed by atoms with E-state index in [1.807, 2.05) is 39.0 Å². The second-order valence-electron chi connectivity index (χ2n) is 6.60. The van der Waals surface area contributed by atoms with Crippen LogP contribution in [0.1, 0.15) is 35.5 Å². The van der Waals surface area contributed by atoms with Crippen molar-refractivity contribution < 1.29 is 19.1 Å². The van der Waals surface area contributed by atoms with Gasteiger partial charge in [-0.1, -0.05) is 12.1 Å². The maximum Gasteiger partial charge on any atom is 0.255 e. The van der Waals surface area contributed by atoms with Gasteiger partial charge in [0, 0.05) is 16.8 Å². The molecule has 140 valence electrons. The van der Waals surface area contributed by atoms with Crippen molar-refractivity contribution in [1.82, 2.24) is 0 Å². The number of aliphatic hydroxyl groups is 1. The Bertz CT molecular complexity index is 926. The van der Waals surface area contributed by atoms with E-state index in [2.05, 4.69) is 5.32 Å². The Morgan fingerprint density at radius 2 is 1.85 bits per heavy atom. The van der Waals surface area contributed by atoms with E-state index in [4.69, 9.17) is 14.3 Å². The fraction of sp³-hybridized carbons (Fsp3) is 0.227. The molecule has 0 bridgehead atoms. The summed E-state index contributed by atoms with van der Waals surface area (Å²) in [6, 6.07) is 16.3. The van der Waals surface area contributed by atoms with Crippen molar-refractivity contribution in [2.24, 2.45) is 0 Å². The molecule has 0 saturated carbocycles. The second-order valence-corrected chi connectivity index (χ2v) is 6.60. The van der Waals surface area contributed by atoms with Crippen molar-refractivity contribution in [3.05, 3.63) is 71.5 Å². The Kier molecular flexibility index (Phi) is 5.62. The van der Waals surface area contributed by atoms with Gasteiger partial charge in [-0.05, 0) is 68.8 Å². The SMILES string of the molecule is Cc1ccc(-c2ccc(CO)o2)cc1NC(=O)c1ccc(OC(C)C)cc1. The molecule has 1 aromatic heterocycles. The van der Waals surface area contributed by atoms with Gasteiger partial charge >= 0.3 is 0 Å². The Hall–Kier alpha value is -3.05. The average molecular weight is 365 g/mol. The van der Waals surface area contributed by atoms with E-state index in [0.717, 1.165) is 16.9 Å². The second kappa shape index (κ2) is 8.10. The monoisotopic (exact) mass is 365 g/mol. The number of nitrogens with one attached hydrogen (secondary N) is 1. The summed E-state index contributed by atoms with van der Waals surface area (Å²) < 4.78 is 11.2. The first kappa shape index (κ1) is 18.7. The molecule has 2 N–H and O–H groups in total. The lowest BCUT2D eigenvalue weighted by Gasteiger charge is -2.12. The van der Waals surface area contributed by atoms with Crippen molar-refractivity contribution >= 4 is 11.6 Å². The topological polar surface area (TPSA) is 71.7 Å². The number of carbonyl (C=O) groups excluding carboxylic acids is 1. The lowest BCUT2D eigenvalue weighted by Crippen LogP contribution is -2.13. The van der Waals surface area contributed by atoms with Gasteiger partial charge in [0.25, 0.3) is 5.91 Å². The molecular formula is C22H23NO4. The third-order valence-electron chi connectivity index (χ3n) is 4.08. The van der Waals surface area contributed by atoms with Gasteiger partial charge in [0.15, 0.2) is 0 Å². The largest absolute Gasteiger partial charge is 0.491 e. The zero-order chi connectivity index (χ0) is 19.4. The van der Waals surface area contributed by atoms with Crippen LogP contribution >= 0.6 is 0 Å². The molecule has 5 nitrogen and oxygen atoms in total. The number of aryl methyl sites for hydroxylation is 1. The highest BCUT2D eigenvalue weighted by Gasteiger charge is 2.11. The molecule has 0 aliphatic rings. The molecule has 0 spiro atoms. The van der Waals surface area contributed by atoms with Crippen LogP contribution in [-0.4, -0.2) is 17.1 Å². The minimum absolute atomic E-state index is 0.0861. The lowest BCUT2D eigenvalue weighted by molar-refractivity contribution is 0.102. The van der Waals surface area contributed by atoms with Crippen LogP contribution in [0.15, 0.2) is 59.0 Å². The van der Waals surface area contributed by atoms with Crippen molar-refractivity contribution in [1.29, 1.82) is 0 Å². The fourth-order valence-electron chi connectivity index (χ4n) is 2.68. The first-order valence-corrected chi connectivity index (χ1v) is 8.85. The summed E-state index contributed by atoms with van der Waals surface area (Å²) in [4.78, 5) is 12.6. The predicted molar refractivity (Wildman–Crippen MR) is 105 cm³/mol. The first-order valence-electron chi connectivity index (χ1n) is 8.85. The van der Waals surface area contributed by atoms with Crippen molar-refractivity contribution in [2.75, 3.05) is 5.32 Å². The summed E-state index contributed by atoms with van der Waals surface area (Å²) >= 11 is 0. The van der Waals surface area contributed by atoms with Crippen LogP contribution in [0.3, 0.4) is 0 Å². The third-order valence-corrected chi connectivity index (χ3v) is 4.08. The number of hydrogen-bond donors (Lipinski definition) is 2. The molecule has 2 aromatic carbocycles. The van der Waals surface area contributed by atoms with Gasteiger partial charge in [0.1, 0.15) is 23.9 Å². The minimum atomic E-state index is -0.193. The van der Waals surface area contributed by atoms with E-state index in [-0.39, 0.29) is 18.6 Å². The number of hydrogen-bond acceptors (Lipinski definition) is 4. The van der Waals surface area contributed by atoms with E-state index in [0.29, 0.717) is 22.8 Å². The highest BCUT2D eigenvalue weighted by molar-refractivity contribution is 6.05. The summed E-state index contributed by atoms with van der Waals surface area (Å²) in [6.45, 7) is 5.70. The molecule has 0 unspecified atom stereocenters. The Morgan fingerprint density at radius 1 is 1.11 bits per heavy atom. The standard InChI is InChI=1S/C22H23NO4/c1-14(2)26-18-8-6-16(7-9-18)22(25)23-20-12-17(5-4-15(20)3)21-11-10-19(13-24)27-21/h4-12,14,24H,13H2,1-3H3,(H,23,25). The molecular weight excluding hydrogens is 342 g/mol. The van der Waals surface area contributed by atoms with Crippen LogP contribution in [0.2, 0.25) is 0 Å². The van der Waals surface area contributed by atoms with E-state index in [1.165, 1.54) is 0 Å². The molecule has 1 amide bonds. The van der Waals surface area contributed by atoms with E-state index in [9.17, 15) is 4.79 Å². The zero-order valence-corrected chi connectivity index (χ0v) is 15.7. The molecule has 3 rings (SSSR count). The number of rotatable bonds is 6. The molecule has 5 heteroatoms. The molecule has 1 heterocycles. The first-order chi connectivity index (χ1) is 13.0. The van der Waals surface area contributed by atoms with Gasteiger partial charge in [0.2, 0.25) is 0 Å². The predicted octanol–water partition coefficient (Wildman–Crippen LogP) is 4.79. The van der Waals surface area contributed by atoms with Gasteiger partial charge in [-0.25, -0.2) is 0 Å². The Labute approximate surface area is 158 Å². The number of aliphatic hydroxyl groups excluding tert-OH is 1. The normalized spacial score (nSPS) is 10.9. The number of anilines is 1. The smallest absolute Gasteiger partial charge is 0.255 e. The van der Waals surface area contributed by atoms with Crippen LogP contribution in [0.5, 0.6) is 5.75 Å². The van der Waals surface area contributed by atoms with Crippen LogP contribution in [0.4, 0.5) is 5.69 Å². The minimum Gasteiger partial charge on any atom is -0.491 e. The summed E-state index contributed by atoms with van der Waals surface area (Å²) in [7, 11) is 0. The summed E-state index contributed by atoms with van der Waals surface area (Å²) in [5, 5.41) is 12.1. The van der Waals surface area contributed by atoms with Gasteiger partial charge in [-0.15, -0.1) is 0 Å². The quantitative estimate of drug-likeness (QED) is 0.659. The Balaban J connectivity index is 1.78. The molecule has 3 aromatic rings. The molecule has 0 fully saturated rings. The Morgan fingerprint density at radius 3 is 2.48 bits per heavy atom. The number of carbonyl (C=O) groups is 1. The van der Waals surface area contributed by atoms with Crippen LogP contribution in [0.25, 0.3) is 11.3 Å². The van der Waals surface area contributed by atoms with Crippen LogP contribution in [-0.2, 0) is 6.61 Å². The number of benzene rings is 2. The van der Waals surface area contributed by atoms with Gasteiger partial charge in [-0.3, -0.25) is 4.79 Å². The van der Waals surface area contributed by atoms with E-state index >= 15 is 0 Å². The lowest BCUT2D eigenvalue weighted by atomic mass is 10.1. The molecule has 0 saturated heterocycles.